The van der Waals surface area contributed by atoms with Crippen molar-refractivity contribution >= 4 is 23.2 Å². The van der Waals surface area contributed by atoms with Gasteiger partial charge in [-0.3, -0.25) is 9.89 Å². The van der Waals surface area contributed by atoms with Crippen LogP contribution in [-0.4, -0.2) is 88.1 Å². The van der Waals surface area contributed by atoms with Gasteiger partial charge in [-0.15, -0.1) is 0 Å². The quantitative estimate of drug-likeness (QED) is 0.619. The van der Waals surface area contributed by atoms with E-state index in [0.29, 0.717) is 0 Å². The summed E-state index contributed by atoms with van der Waals surface area (Å²) in [5.74, 6) is 1.02. The minimum Gasteiger partial charge on any atom is -0.369 e. The molecule has 1 aromatic carbocycles. The summed E-state index contributed by atoms with van der Waals surface area (Å²) in [6, 6.07) is 8.11. The number of halogens is 1. The van der Waals surface area contributed by atoms with Gasteiger partial charge in [-0.1, -0.05) is 17.7 Å². The number of hydrogen-bond donors (Lipinski definition) is 0. The fraction of sp³-hybridized carbons (Fsp3) is 0.588. The maximum absolute atomic E-state index is 6.08. The number of benzene rings is 1. The van der Waals surface area contributed by atoms with Gasteiger partial charge >= 0.3 is 0 Å². The Morgan fingerprint density at radius 3 is 2.30 bits per heavy atom. The van der Waals surface area contributed by atoms with Crippen LogP contribution in [0, 0.1) is 0 Å². The van der Waals surface area contributed by atoms with Gasteiger partial charge in [0.2, 0.25) is 0 Å². The molecule has 0 unspecified atom stereocenters. The molecule has 0 spiro atoms. The van der Waals surface area contributed by atoms with Crippen molar-refractivity contribution in [1.82, 2.24) is 14.7 Å². The number of guanidine groups is 1. The van der Waals surface area contributed by atoms with Crippen LogP contribution in [-0.2, 0) is 0 Å². The van der Waals surface area contributed by atoms with Crippen LogP contribution >= 0.6 is 11.6 Å². The van der Waals surface area contributed by atoms with Crippen molar-refractivity contribution in [2.24, 2.45) is 4.99 Å². The highest BCUT2D eigenvalue weighted by atomic mass is 35.5. The third-order valence-electron chi connectivity index (χ3n) is 4.02. The van der Waals surface area contributed by atoms with E-state index in [9.17, 15) is 0 Å². The van der Waals surface area contributed by atoms with Crippen LogP contribution in [0.3, 0.4) is 0 Å². The van der Waals surface area contributed by atoms with Crippen LogP contribution in [0.5, 0.6) is 0 Å². The molecule has 1 saturated heterocycles. The summed E-state index contributed by atoms with van der Waals surface area (Å²) in [4.78, 5) is 13.7. The topological polar surface area (TPSA) is 25.3 Å². The first kappa shape index (κ1) is 17.9. The third-order valence-corrected chi connectivity index (χ3v) is 4.25. The fourth-order valence-corrected chi connectivity index (χ4v) is 3.06. The Morgan fingerprint density at radius 2 is 1.74 bits per heavy atom. The zero-order valence-corrected chi connectivity index (χ0v) is 15.4. The fourth-order valence-electron chi connectivity index (χ4n) is 2.88. The Balaban J connectivity index is 1.80. The van der Waals surface area contributed by atoms with E-state index >= 15 is 0 Å². The summed E-state index contributed by atoms with van der Waals surface area (Å²) in [5, 5.41) is 0.805. The summed E-state index contributed by atoms with van der Waals surface area (Å²) in [5.41, 5.74) is 1.22. The van der Waals surface area contributed by atoms with Crippen molar-refractivity contribution in [3.05, 3.63) is 29.3 Å². The molecule has 0 saturated carbocycles. The molecular formula is C17H28ClN5. The second-order valence-electron chi connectivity index (χ2n) is 6.28. The Bertz CT molecular complexity index is 511. The number of hydrogen-bond acceptors (Lipinski definition) is 3. The highest BCUT2D eigenvalue weighted by molar-refractivity contribution is 6.30. The van der Waals surface area contributed by atoms with Gasteiger partial charge in [0.05, 0.1) is 6.54 Å². The second-order valence-corrected chi connectivity index (χ2v) is 6.72. The molecule has 1 fully saturated rings. The van der Waals surface area contributed by atoms with E-state index in [4.69, 9.17) is 16.6 Å². The molecule has 23 heavy (non-hydrogen) atoms. The molecule has 1 aliphatic heterocycles. The zero-order chi connectivity index (χ0) is 16.8. The summed E-state index contributed by atoms with van der Waals surface area (Å²) in [7, 11) is 8.12. The van der Waals surface area contributed by atoms with Crippen LogP contribution in [0.25, 0.3) is 0 Å². The molecule has 0 atom stereocenters. The van der Waals surface area contributed by atoms with E-state index in [0.717, 1.165) is 50.3 Å². The number of rotatable bonds is 4. The lowest BCUT2D eigenvalue weighted by atomic mass is 10.2. The van der Waals surface area contributed by atoms with Gasteiger partial charge in [0.25, 0.3) is 0 Å². The molecule has 5 nitrogen and oxygen atoms in total. The molecule has 0 N–H and O–H groups in total. The Kier molecular flexibility index (Phi) is 6.54. The van der Waals surface area contributed by atoms with Crippen molar-refractivity contribution in [3.63, 3.8) is 0 Å². The average molecular weight is 338 g/mol. The van der Waals surface area contributed by atoms with Crippen LogP contribution in [0.1, 0.15) is 0 Å². The molecule has 1 aromatic rings. The van der Waals surface area contributed by atoms with E-state index in [1.807, 2.05) is 46.4 Å². The summed E-state index contributed by atoms with van der Waals surface area (Å²) >= 11 is 6.08. The van der Waals surface area contributed by atoms with Crippen molar-refractivity contribution < 1.29 is 0 Å². The highest BCUT2D eigenvalue weighted by Crippen LogP contribution is 2.20. The molecule has 0 amide bonds. The van der Waals surface area contributed by atoms with Gasteiger partial charge in [-0.05, 0) is 18.2 Å². The number of piperazine rings is 1. The lowest BCUT2D eigenvalue weighted by Gasteiger charge is -2.36. The van der Waals surface area contributed by atoms with Crippen LogP contribution < -0.4 is 4.90 Å². The van der Waals surface area contributed by atoms with Gasteiger partial charge in [0.15, 0.2) is 5.96 Å². The molecular weight excluding hydrogens is 310 g/mol. The monoisotopic (exact) mass is 337 g/mol. The predicted molar refractivity (Wildman–Crippen MR) is 99.8 cm³/mol. The molecule has 6 heteroatoms. The van der Waals surface area contributed by atoms with Crippen LogP contribution in [0.4, 0.5) is 5.69 Å². The van der Waals surface area contributed by atoms with E-state index in [1.165, 1.54) is 5.69 Å². The Morgan fingerprint density at radius 1 is 1.09 bits per heavy atom. The maximum atomic E-state index is 6.08. The van der Waals surface area contributed by atoms with E-state index < -0.39 is 0 Å². The molecule has 0 aliphatic carbocycles. The SMILES string of the molecule is CN(C)C(=NCCN1CCN(c2cccc(Cl)c2)CC1)N(C)C. The first-order chi connectivity index (χ1) is 11.0. The molecule has 2 rings (SSSR count). The molecule has 1 heterocycles. The summed E-state index contributed by atoms with van der Waals surface area (Å²) in [6.45, 7) is 6.07. The van der Waals surface area contributed by atoms with Crippen molar-refractivity contribution in [1.29, 1.82) is 0 Å². The zero-order valence-electron chi connectivity index (χ0n) is 14.7. The molecule has 1 aliphatic rings. The normalized spacial score (nSPS) is 15.4. The largest absolute Gasteiger partial charge is 0.369 e. The molecule has 0 bridgehead atoms. The van der Waals surface area contributed by atoms with E-state index in [-0.39, 0.29) is 0 Å². The lowest BCUT2D eigenvalue weighted by Crippen LogP contribution is -2.47. The standard InChI is InChI=1S/C17H28ClN5/c1-20(2)17(21(3)4)19-8-9-22-10-12-23(13-11-22)16-7-5-6-15(18)14-16/h5-7,14H,8-13H2,1-4H3. The highest BCUT2D eigenvalue weighted by Gasteiger charge is 2.17. The number of aliphatic imine (C=N–C) groups is 1. The molecule has 0 radical (unpaired) electrons. The minimum absolute atomic E-state index is 0.805. The third kappa shape index (κ3) is 5.29. The number of nitrogens with zero attached hydrogens (tertiary/aromatic N) is 5. The van der Waals surface area contributed by atoms with Crippen molar-refractivity contribution in [3.8, 4) is 0 Å². The van der Waals surface area contributed by atoms with E-state index in [2.05, 4.69) is 25.7 Å². The van der Waals surface area contributed by atoms with Crippen molar-refractivity contribution in [2.45, 2.75) is 0 Å². The average Bonchev–Trinajstić information content (AvgIpc) is 2.51. The first-order valence-electron chi connectivity index (χ1n) is 8.09. The first-order valence-corrected chi connectivity index (χ1v) is 8.47. The smallest absolute Gasteiger partial charge is 0.195 e. The minimum atomic E-state index is 0.805. The molecule has 128 valence electrons. The second kappa shape index (κ2) is 8.41. The van der Waals surface area contributed by atoms with E-state index in [1.54, 1.807) is 0 Å². The van der Waals surface area contributed by atoms with Gasteiger partial charge in [0, 0.05) is 71.6 Å². The van der Waals surface area contributed by atoms with Gasteiger partial charge in [-0.2, -0.15) is 0 Å². The maximum Gasteiger partial charge on any atom is 0.195 e. The predicted octanol–water partition coefficient (Wildman–Crippen LogP) is 1.94. The summed E-state index contributed by atoms with van der Waals surface area (Å²) in [6.07, 6.45) is 0. The molecule has 0 aromatic heterocycles. The Hall–Kier alpha value is -1.46. The number of anilines is 1. The lowest BCUT2D eigenvalue weighted by molar-refractivity contribution is 0.264. The Labute approximate surface area is 145 Å². The van der Waals surface area contributed by atoms with Crippen molar-refractivity contribution in [2.75, 3.05) is 72.4 Å². The van der Waals surface area contributed by atoms with Gasteiger partial charge < -0.3 is 14.7 Å². The van der Waals surface area contributed by atoms with Gasteiger partial charge in [-0.25, -0.2) is 0 Å². The van der Waals surface area contributed by atoms with Gasteiger partial charge in [0.1, 0.15) is 0 Å². The van der Waals surface area contributed by atoms with Crippen LogP contribution in [0.15, 0.2) is 29.3 Å². The van der Waals surface area contributed by atoms with Crippen LogP contribution in [0.2, 0.25) is 5.02 Å². The summed E-state index contributed by atoms with van der Waals surface area (Å²) < 4.78 is 0.